The van der Waals surface area contributed by atoms with Gasteiger partial charge in [0.2, 0.25) is 5.92 Å². The maximum atomic E-state index is 13.1. The van der Waals surface area contributed by atoms with E-state index in [2.05, 4.69) is 21.6 Å². The van der Waals surface area contributed by atoms with E-state index in [-0.39, 0.29) is 31.4 Å². The lowest BCUT2D eigenvalue weighted by atomic mass is 9.83. The number of pyridine rings is 1. The highest BCUT2D eigenvalue weighted by molar-refractivity contribution is 5.89. The zero-order valence-electron chi connectivity index (χ0n) is 11.5. The van der Waals surface area contributed by atoms with E-state index in [1.165, 1.54) is 25.4 Å². The fraction of sp³-hybridized carbons (Fsp3) is 0.467. The minimum absolute atomic E-state index is 0.0797. The topological polar surface area (TPSA) is 59.4 Å². The van der Waals surface area contributed by atoms with E-state index in [0.717, 1.165) is 0 Å². The lowest BCUT2D eigenvalue weighted by Gasteiger charge is -2.31. The number of rotatable bonds is 1. The van der Waals surface area contributed by atoms with Gasteiger partial charge < -0.3 is 9.84 Å². The minimum Gasteiger partial charge on any atom is -0.465 e. The van der Waals surface area contributed by atoms with E-state index in [9.17, 15) is 18.7 Å². The summed E-state index contributed by atoms with van der Waals surface area (Å²) in [6, 6.07) is 2.91. The second-order valence-electron chi connectivity index (χ2n) is 5.06. The lowest BCUT2D eigenvalue weighted by molar-refractivity contribution is -0.0823. The van der Waals surface area contributed by atoms with Crippen molar-refractivity contribution in [1.29, 1.82) is 0 Å². The first-order valence-electron chi connectivity index (χ1n) is 6.51. The molecule has 1 fully saturated rings. The van der Waals surface area contributed by atoms with Crippen LogP contribution in [0.15, 0.2) is 18.3 Å². The quantitative estimate of drug-likeness (QED) is 0.637. The third-order valence-electron chi connectivity index (χ3n) is 3.41. The Bertz CT molecular complexity index is 594. The summed E-state index contributed by atoms with van der Waals surface area (Å²) >= 11 is 0. The second-order valence-corrected chi connectivity index (χ2v) is 5.06. The minimum atomic E-state index is -2.73. The predicted molar refractivity (Wildman–Crippen MR) is 70.8 cm³/mol. The van der Waals surface area contributed by atoms with Crippen LogP contribution in [0.3, 0.4) is 0 Å². The van der Waals surface area contributed by atoms with Crippen molar-refractivity contribution in [3.8, 4) is 11.8 Å². The fourth-order valence-electron chi connectivity index (χ4n) is 2.08. The van der Waals surface area contributed by atoms with Gasteiger partial charge in [0.25, 0.3) is 0 Å². The molecule has 1 heterocycles. The zero-order valence-corrected chi connectivity index (χ0v) is 11.5. The largest absolute Gasteiger partial charge is 0.465 e. The summed E-state index contributed by atoms with van der Waals surface area (Å²) in [6.07, 6.45) is 0.477. The number of ether oxygens (including phenoxy) is 1. The van der Waals surface area contributed by atoms with Crippen LogP contribution in [-0.2, 0) is 4.74 Å². The van der Waals surface area contributed by atoms with E-state index in [0.29, 0.717) is 5.56 Å². The molecule has 0 atom stereocenters. The summed E-state index contributed by atoms with van der Waals surface area (Å²) in [5.74, 6) is 1.99. The number of carbonyl (C=O) groups excluding carboxylic acids is 1. The van der Waals surface area contributed by atoms with Gasteiger partial charge in [-0.15, -0.1) is 0 Å². The summed E-state index contributed by atoms with van der Waals surface area (Å²) < 4.78 is 30.7. The van der Waals surface area contributed by atoms with Gasteiger partial charge in [0.1, 0.15) is 11.3 Å². The molecule has 1 aromatic heterocycles. The smallest absolute Gasteiger partial charge is 0.338 e. The summed E-state index contributed by atoms with van der Waals surface area (Å²) in [5, 5.41) is 10.2. The van der Waals surface area contributed by atoms with Gasteiger partial charge in [-0.05, 0) is 30.9 Å². The number of carbonyl (C=O) groups is 1. The van der Waals surface area contributed by atoms with Gasteiger partial charge in [0.05, 0.1) is 12.7 Å². The van der Waals surface area contributed by atoms with Crippen LogP contribution in [0.5, 0.6) is 0 Å². The van der Waals surface area contributed by atoms with Crippen LogP contribution in [-0.4, -0.2) is 34.7 Å². The number of alkyl halides is 2. The average Bonchev–Trinajstić information content (AvgIpc) is 2.48. The molecule has 0 spiro atoms. The monoisotopic (exact) mass is 295 g/mol. The highest BCUT2D eigenvalue weighted by Crippen LogP contribution is 2.38. The Kier molecular flexibility index (Phi) is 4.24. The van der Waals surface area contributed by atoms with Gasteiger partial charge in [-0.25, -0.2) is 18.6 Å². The van der Waals surface area contributed by atoms with Crippen molar-refractivity contribution in [2.45, 2.75) is 37.2 Å². The first kappa shape index (κ1) is 15.4. The lowest BCUT2D eigenvalue weighted by Crippen LogP contribution is -2.37. The van der Waals surface area contributed by atoms with Crippen molar-refractivity contribution in [2.24, 2.45) is 0 Å². The van der Waals surface area contributed by atoms with Crippen LogP contribution in [0.4, 0.5) is 8.78 Å². The number of nitrogens with zero attached hydrogens (tertiary/aromatic N) is 1. The van der Waals surface area contributed by atoms with Gasteiger partial charge >= 0.3 is 5.97 Å². The van der Waals surface area contributed by atoms with E-state index < -0.39 is 17.5 Å². The van der Waals surface area contributed by atoms with Crippen molar-refractivity contribution in [2.75, 3.05) is 7.11 Å². The molecule has 0 aromatic carbocycles. The second kappa shape index (κ2) is 5.78. The van der Waals surface area contributed by atoms with Crippen LogP contribution < -0.4 is 0 Å². The maximum Gasteiger partial charge on any atom is 0.338 e. The number of methoxy groups -OCH3 is 1. The number of hydrogen-bond donors (Lipinski definition) is 1. The molecule has 0 saturated heterocycles. The van der Waals surface area contributed by atoms with Crippen molar-refractivity contribution < 1.29 is 23.4 Å². The number of aliphatic hydroxyl groups is 1. The molecule has 1 aromatic rings. The Morgan fingerprint density at radius 3 is 2.67 bits per heavy atom. The molecule has 1 saturated carbocycles. The molecule has 0 aliphatic heterocycles. The van der Waals surface area contributed by atoms with Gasteiger partial charge in [-0.1, -0.05) is 5.92 Å². The Morgan fingerprint density at radius 1 is 1.38 bits per heavy atom. The molecule has 0 amide bonds. The first-order valence-corrected chi connectivity index (χ1v) is 6.51. The number of aromatic nitrogens is 1. The molecule has 2 rings (SSSR count). The summed E-state index contributed by atoms with van der Waals surface area (Å²) in [5.41, 5.74) is -0.854. The highest BCUT2D eigenvalue weighted by Gasteiger charge is 2.41. The molecular weight excluding hydrogens is 280 g/mol. The van der Waals surface area contributed by atoms with Crippen molar-refractivity contribution >= 4 is 5.97 Å². The maximum absolute atomic E-state index is 13.1. The number of hydrogen-bond acceptors (Lipinski definition) is 4. The molecular formula is C15H15F2NO3. The normalized spacial score (nSPS) is 19.2. The van der Waals surface area contributed by atoms with Crippen molar-refractivity contribution in [1.82, 2.24) is 4.98 Å². The number of halogens is 2. The van der Waals surface area contributed by atoms with Crippen LogP contribution in [0.25, 0.3) is 0 Å². The summed E-state index contributed by atoms with van der Waals surface area (Å²) in [6.45, 7) is 0. The highest BCUT2D eigenvalue weighted by atomic mass is 19.3. The van der Waals surface area contributed by atoms with Gasteiger partial charge in [0.15, 0.2) is 0 Å². The molecule has 1 aliphatic rings. The molecule has 0 bridgehead atoms. The zero-order chi connectivity index (χ0) is 15.5. The Hall–Kier alpha value is -2.00. The van der Waals surface area contributed by atoms with E-state index in [4.69, 9.17) is 0 Å². The third-order valence-corrected chi connectivity index (χ3v) is 3.41. The van der Waals surface area contributed by atoms with E-state index in [1.54, 1.807) is 0 Å². The van der Waals surface area contributed by atoms with Crippen LogP contribution in [0.2, 0.25) is 0 Å². The van der Waals surface area contributed by atoms with Crippen LogP contribution in [0, 0.1) is 11.8 Å². The van der Waals surface area contributed by atoms with Gasteiger partial charge in [-0.3, -0.25) is 0 Å². The first-order chi connectivity index (χ1) is 9.84. The molecule has 6 heteroatoms. The SMILES string of the molecule is COC(=O)c1ccnc(C#CC2(O)CCC(F)(F)CC2)c1. The molecule has 21 heavy (non-hydrogen) atoms. The standard InChI is InChI=1S/C15H15F2NO3/c1-21-13(19)11-3-9-18-12(10-11)2-4-14(20)5-7-15(16,17)8-6-14/h3,9-10,20H,5-8H2,1H3. The molecule has 112 valence electrons. The fourth-order valence-corrected chi connectivity index (χ4v) is 2.08. The van der Waals surface area contributed by atoms with Crippen molar-refractivity contribution in [3.05, 3.63) is 29.6 Å². The van der Waals surface area contributed by atoms with Gasteiger partial charge in [0, 0.05) is 19.0 Å². The molecule has 1 aliphatic carbocycles. The molecule has 4 nitrogen and oxygen atoms in total. The van der Waals surface area contributed by atoms with E-state index >= 15 is 0 Å². The molecule has 0 unspecified atom stereocenters. The van der Waals surface area contributed by atoms with E-state index in [1.807, 2.05) is 0 Å². The van der Waals surface area contributed by atoms with Crippen molar-refractivity contribution in [3.63, 3.8) is 0 Å². The molecule has 0 radical (unpaired) electrons. The average molecular weight is 295 g/mol. The third kappa shape index (κ3) is 3.99. The van der Waals surface area contributed by atoms with Crippen LogP contribution >= 0.6 is 0 Å². The van der Waals surface area contributed by atoms with Gasteiger partial charge in [-0.2, -0.15) is 0 Å². The Morgan fingerprint density at radius 2 is 2.05 bits per heavy atom. The molecule has 1 N–H and O–H groups in total. The summed E-state index contributed by atoms with van der Waals surface area (Å²) in [7, 11) is 1.26. The van der Waals surface area contributed by atoms with Crippen LogP contribution in [0.1, 0.15) is 41.7 Å². The Balaban J connectivity index is 2.14. The number of esters is 1. The predicted octanol–water partition coefficient (Wildman–Crippen LogP) is 2.16. The Labute approximate surface area is 121 Å². The summed E-state index contributed by atoms with van der Waals surface area (Å²) in [4.78, 5) is 15.3.